The summed E-state index contributed by atoms with van der Waals surface area (Å²) in [7, 11) is 0. The van der Waals surface area contributed by atoms with Crippen LogP contribution in [0.3, 0.4) is 0 Å². The van der Waals surface area contributed by atoms with Gasteiger partial charge in [0.2, 0.25) is 12.4 Å². The average Bonchev–Trinajstić information content (AvgIpc) is 3.29. The normalized spacial score (nSPS) is 42.3. The highest BCUT2D eigenvalue weighted by molar-refractivity contribution is 5.80. The van der Waals surface area contributed by atoms with Gasteiger partial charge in [0, 0.05) is 48.5 Å². The number of carbonyl (C=O) groups excluding carboxylic acids is 8. The molecule has 76 heavy (non-hydrogen) atoms. The summed E-state index contributed by atoms with van der Waals surface area (Å²) in [5, 5.41) is 24.0. The van der Waals surface area contributed by atoms with E-state index >= 15 is 4.79 Å². The monoisotopic (exact) mass is 1080 g/mol. The molecule has 0 aromatic rings. The van der Waals surface area contributed by atoms with Crippen LogP contribution in [0.1, 0.15) is 148 Å². The number of aliphatic hydroxyl groups is 2. The average molecular weight is 1080 g/mol. The van der Waals surface area contributed by atoms with Gasteiger partial charge in [-0.2, -0.15) is 0 Å². The van der Waals surface area contributed by atoms with Gasteiger partial charge < -0.3 is 62.3 Å². The van der Waals surface area contributed by atoms with E-state index in [1.807, 2.05) is 0 Å². The second-order valence-electron chi connectivity index (χ2n) is 24.1. The van der Waals surface area contributed by atoms with Gasteiger partial charge >= 0.3 is 47.8 Å². The third-order valence-electron chi connectivity index (χ3n) is 18.7. The van der Waals surface area contributed by atoms with Crippen molar-refractivity contribution in [1.82, 2.24) is 0 Å². The molecule has 7 rings (SSSR count). The molecule has 0 amide bonds. The molecule has 2 saturated heterocycles. The van der Waals surface area contributed by atoms with Crippen molar-refractivity contribution in [2.75, 3.05) is 13.2 Å². The summed E-state index contributed by atoms with van der Waals surface area (Å²) in [5.41, 5.74) is -1.58. The van der Waals surface area contributed by atoms with E-state index in [9.17, 15) is 43.8 Å². The summed E-state index contributed by atoms with van der Waals surface area (Å²) < 4.78 is 64.8. The minimum atomic E-state index is -1.91. The number of hydrogen-bond donors (Lipinski definition) is 2. The van der Waals surface area contributed by atoms with Crippen molar-refractivity contribution in [2.45, 2.75) is 221 Å². The van der Waals surface area contributed by atoms with Crippen molar-refractivity contribution in [2.24, 2.45) is 50.7 Å². The number of ether oxygens (including phenoxy) is 11. The van der Waals surface area contributed by atoms with Crippen LogP contribution in [0, 0.1) is 50.7 Å². The molecular weight excluding hydrogens is 997 g/mol. The fourth-order valence-corrected chi connectivity index (χ4v) is 15.1. The van der Waals surface area contributed by atoms with Crippen LogP contribution in [0.4, 0.5) is 0 Å². The molecule has 2 N–H and O–H groups in total. The first-order valence-electron chi connectivity index (χ1n) is 26.8. The summed E-state index contributed by atoms with van der Waals surface area (Å²) in [6.07, 6.45) is -10.9. The molecule has 5 aliphatic carbocycles. The highest BCUT2D eigenvalue weighted by atomic mass is 16.8. The van der Waals surface area contributed by atoms with Crippen LogP contribution in [0.5, 0.6) is 0 Å². The number of fused-ring (bicyclic) bond motifs is 7. The molecule has 7 aliphatic rings. The maximum Gasteiger partial charge on any atom is 0.317 e. The minimum Gasteiger partial charge on any atom is -0.463 e. The Hall–Kier alpha value is -4.70. The zero-order valence-electron chi connectivity index (χ0n) is 46.2. The Morgan fingerprint density at radius 2 is 1.08 bits per heavy atom. The van der Waals surface area contributed by atoms with E-state index in [4.69, 9.17) is 52.1 Å². The zero-order valence-corrected chi connectivity index (χ0v) is 46.2. The van der Waals surface area contributed by atoms with Gasteiger partial charge in [-0.1, -0.05) is 53.2 Å². The van der Waals surface area contributed by atoms with Gasteiger partial charge in [-0.3, -0.25) is 38.4 Å². The number of rotatable bonds is 13. The predicted octanol–water partition coefficient (Wildman–Crippen LogP) is 4.89. The van der Waals surface area contributed by atoms with E-state index in [1.54, 1.807) is 0 Å². The molecule has 2 heterocycles. The van der Waals surface area contributed by atoms with E-state index in [-0.39, 0.29) is 47.0 Å². The fourth-order valence-electron chi connectivity index (χ4n) is 15.1. The molecule has 0 radical (unpaired) electrons. The van der Waals surface area contributed by atoms with Gasteiger partial charge in [-0.15, -0.1) is 0 Å². The van der Waals surface area contributed by atoms with Crippen LogP contribution in [0.2, 0.25) is 0 Å². The van der Waals surface area contributed by atoms with Gasteiger partial charge in [0.1, 0.15) is 36.9 Å². The Labute approximate surface area is 444 Å². The molecule has 4 saturated carbocycles. The molecule has 13 unspecified atom stereocenters. The summed E-state index contributed by atoms with van der Waals surface area (Å²) in [6.45, 7) is 19.6. The first-order valence-corrected chi connectivity index (χ1v) is 26.8. The molecule has 0 aromatic heterocycles. The van der Waals surface area contributed by atoms with Crippen LogP contribution in [0.15, 0.2) is 11.6 Å². The van der Waals surface area contributed by atoms with Crippen LogP contribution in [-0.2, 0) is 90.5 Å². The Morgan fingerprint density at radius 1 is 0.579 bits per heavy atom. The second kappa shape index (κ2) is 22.2. The van der Waals surface area contributed by atoms with Crippen LogP contribution in [-0.4, -0.2) is 145 Å². The smallest absolute Gasteiger partial charge is 0.317 e. The highest BCUT2D eigenvalue weighted by Crippen LogP contribution is 2.75. The number of carbonyl (C=O) groups is 8. The van der Waals surface area contributed by atoms with Crippen molar-refractivity contribution in [1.29, 1.82) is 0 Å². The molecule has 426 valence electrons. The Morgan fingerprint density at radius 3 is 1.63 bits per heavy atom. The van der Waals surface area contributed by atoms with E-state index in [1.165, 1.54) is 0 Å². The van der Waals surface area contributed by atoms with E-state index in [0.717, 1.165) is 86.1 Å². The van der Waals surface area contributed by atoms with Gasteiger partial charge in [-0.05, 0) is 103 Å². The van der Waals surface area contributed by atoms with Crippen molar-refractivity contribution in [3.05, 3.63) is 11.6 Å². The Bertz CT molecular complexity index is 2300. The highest BCUT2D eigenvalue weighted by Gasteiger charge is 2.71. The molecule has 6 fully saturated rings. The van der Waals surface area contributed by atoms with E-state index in [2.05, 4.69) is 47.6 Å². The molecule has 21 heteroatoms. The minimum absolute atomic E-state index is 0.0554. The van der Waals surface area contributed by atoms with E-state index in [0.29, 0.717) is 18.8 Å². The SMILES string of the molecule is CC(=O)OCC1OC(OC2C(COC(C)=O)OC(OC(=O)[C@]34CCC(C)(C)C[C@H]3C3=CCC5[C@@]6(C)CC[C@H](O)[C@H](C)C6CC[C@@]5(C)[C@]3(C)CC4O)C(OC(C)=O)C2OC(C)=O)C(OC(C)=O)C(OC(C)=O)C1OC(C)=O. The molecule has 2 aliphatic heterocycles. The van der Waals surface area contributed by atoms with Gasteiger partial charge in [0.05, 0.1) is 12.2 Å². The lowest BCUT2D eigenvalue weighted by molar-refractivity contribution is -0.359. The van der Waals surface area contributed by atoms with Crippen molar-refractivity contribution in [3.8, 4) is 0 Å². The van der Waals surface area contributed by atoms with Crippen LogP contribution < -0.4 is 0 Å². The lowest BCUT2D eigenvalue weighted by Gasteiger charge is -2.70. The number of allylic oxidation sites excluding steroid dienone is 2. The van der Waals surface area contributed by atoms with Gasteiger partial charge in [-0.25, -0.2) is 0 Å². The molecule has 21 nitrogen and oxygen atoms in total. The van der Waals surface area contributed by atoms with E-state index < -0.39 is 145 Å². The predicted molar refractivity (Wildman–Crippen MR) is 261 cm³/mol. The van der Waals surface area contributed by atoms with Crippen LogP contribution >= 0.6 is 0 Å². The van der Waals surface area contributed by atoms with Crippen molar-refractivity contribution < 1.29 is 101 Å². The topological polar surface area (TPSA) is 279 Å². The molecule has 0 spiro atoms. The summed E-state index contributed by atoms with van der Waals surface area (Å²) in [5.74, 6) is -6.87. The maximum absolute atomic E-state index is 15.7. The molecule has 20 atom stereocenters. The van der Waals surface area contributed by atoms with Gasteiger partial charge in [0.25, 0.3) is 0 Å². The van der Waals surface area contributed by atoms with Crippen molar-refractivity contribution >= 4 is 47.8 Å². The molecule has 0 bridgehead atoms. The molecule has 0 aromatic carbocycles. The first kappa shape index (κ1) is 59.0. The zero-order chi connectivity index (χ0) is 56.2. The summed E-state index contributed by atoms with van der Waals surface area (Å²) >= 11 is 0. The number of hydrogen-bond acceptors (Lipinski definition) is 21. The lowest BCUT2D eigenvalue weighted by Crippen LogP contribution is -2.68. The maximum atomic E-state index is 15.7. The number of aliphatic hydroxyl groups excluding tert-OH is 2. The Kier molecular flexibility index (Phi) is 17.2. The molecular formula is C55H80O21. The summed E-state index contributed by atoms with van der Waals surface area (Å²) in [6, 6.07) is 0. The third kappa shape index (κ3) is 11.1. The largest absolute Gasteiger partial charge is 0.463 e. The van der Waals surface area contributed by atoms with Crippen LogP contribution in [0.25, 0.3) is 0 Å². The fraction of sp³-hybridized carbons (Fsp3) is 0.818. The lowest BCUT2D eigenvalue weighted by atomic mass is 9.34. The Balaban J connectivity index is 1.28. The standard InChI is InChI=1S/C55H80O21/c1-26-34-16-19-53(12)40(52(34,11)18-17-37(26)63)15-14-35-36-22-51(9,10)20-21-55(36,41(64)23-54(35,53)13)50(65)76-49-47(72-33(8)62)45(70-31(6)60)43(39(74-49)25-67-28(3)57)75-48-46(71-32(7)61)44(69-30(5)59)42(68-29(4)58)38(73-48)24-66-27(2)56/h14,26,34,36-49,63-64H,15-25H2,1-13H3/t26-,34?,36+,37+,38?,39?,40?,41?,42?,43?,44?,45?,46?,47?,48?,49?,52+,53-,54-,55-/m1/s1. The summed E-state index contributed by atoms with van der Waals surface area (Å²) in [4.78, 5) is 105. The van der Waals surface area contributed by atoms with Gasteiger partial charge in [0.15, 0.2) is 30.7 Å². The second-order valence-corrected chi connectivity index (χ2v) is 24.1. The third-order valence-corrected chi connectivity index (χ3v) is 18.7. The number of esters is 8. The van der Waals surface area contributed by atoms with Crippen molar-refractivity contribution in [3.63, 3.8) is 0 Å². The quantitative estimate of drug-likeness (QED) is 0.141. The first-order chi connectivity index (χ1) is 35.4.